The normalized spacial score (nSPS) is 31.5. The van der Waals surface area contributed by atoms with E-state index in [1.165, 1.54) is 7.11 Å². The van der Waals surface area contributed by atoms with Crippen LogP contribution in [0.3, 0.4) is 0 Å². The molecule has 0 unspecified atom stereocenters. The highest BCUT2D eigenvalue weighted by atomic mass is 32.3. The van der Waals surface area contributed by atoms with E-state index in [-0.39, 0.29) is 19.3 Å². The number of hydrogen-bond acceptors (Lipinski definition) is 4. The molecule has 1 aliphatic carbocycles. The third-order valence-corrected chi connectivity index (χ3v) is 3.38. The number of hydrogen-bond donors (Lipinski definition) is 0. The SMILES string of the molecule is COC(=O)[C@@H]1CC[C@@](F)(CS(=O)(=O)F)C1. The minimum atomic E-state index is -4.85. The highest BCUT2D eigenvalue weighted by molar-refractivity contribution is 7.86. The lowest BCUT2D eigenvalue weighted by Crippen LogP contribution is -2.29. The van der Waals surface area contributed by atoms with Crippen LogP contribution in [0.5, 0.6) is 0 Å². The van der Waals surface area contributed by atoms with Crippen molar-refractivity contribution in [1.82, 2.24) is 0 Å². The van der Waals surface area contributed by atoms with Crippen LogP contribution in [0.1, 0.15) is 19.3 Å². The van der Waals surface area contributed by atoms with Gasteiger partial charge in [0.25, 0.3) is 0 Å². The molecule has 0 aromatic carbocycles. The highest BCUT2D eigenvalue weighted by Gasteiger charge is 2.45. The van der Waals surface area contributed by atoms with Gasteiger partial charge in [-0.3, -0.25) is 4.79 Å². The summed E-state index contributed by atoms with van der Waals surface area (Å²) >= 11 is 0. The van der Waals surface area contributed by atoms with Gasteiger partial charge in [-0.15, -0.1) is 3.89 Å². The van der Waals surface area contributed by atoms with E-state index in [2.05, 4.69) is 4.74 Å². The molecule has 0 aromatic rings. The molecule has 0 bridgehead atoms. The zero-order valence-corrected chi connectivity index (χ0v) is 9.02. The van der Waals surface area contributed by atoms with Gasteiger partial charge in [0.05, 0.1) is 13.0 Å². The monoisotopic (exact) mass is 242 g/mol. The maximum atomic E-state index is 13.7. The van der Waals surface area contributed by atoms with E-state index in [4.69, 9.17) is 0 Å². The van der Waals surface area contributed by atoms with E-state index in [9.17, 15) is 21.5 Å². The number of rotatable bonds is 3. The molecule has 7 heteroatoms. The van der Waals surface area contributed by atoms with E-state index in [0.717, 1.165) is 0 Å². The number of esters is 1. The predicted octanol–water partition coefficient (Wildman–Crippen LogP) is 0.967. The molecule has 88 valence electrons. The lowest BCUT2D eigenvalue weighted by molar-refractivity contribution is -0.145. The van der Waals surface area contributed by atoms with Gasteiger partial charge in [0.2, 0.25) is 0 Å². The van der Waals surface area contributed by atoms with E-state index >= 15 is 0 Å². The van der Waals surface area contributed by atoms with Crippen molar-refractivity contribution >= 4 is 16.2 Å². The van der Waals surface area contributed by atoms with E-state index in [1.54, 1.807) is 0 Å². The Hall–Kier alpha value is -0.720. The molecular formula is C8H12F2O4S. The molecule has 0 aliphatic heterocycles. The second-order valence-electron chi connectivity index (χ2n) is 3.80. The molecule has 1 fully saturated rings. The minimum absolute atomic E-state index is 0.129. The highest BCUT2D eigenvalue weighted by Crippen LogP contribution is 2.39. The lowest BCUT2D eigenvalue weighted by atomic mass is 10.0. The lowest BCUT2D eigenvalue weighted by Gasteiger charge is -2.16. The summed E-state index contributed by atoms with van der Waals surface area (Å²) in [7, 11) is -3.68. The van der Waals surface area contributed by atoms with Crippen molar-refractivity contribution in [3.05, 3.63) is 0 Å². The Labute approximate surface area is 86.8 Å². The van der Waals surface area contributed by atoms with Crippen LogP contribution in [0.15, 0.2) is 0 Å². The second-order valence-corrected chi connectivity index (χ2v) is 5.16. The average molecular weight is 242 g/mol. The van der Waals surface area contributed by atoms with Gasteiger partial charge in [-0.25, -0.2) is 4.39 Å². The molecule has 4 nitrogen and oxygen atoms in total. The van der Waals surface area contributed by atoms with Crippen molar-refractivity contribution < 1.29 is 26.2 Å². The van der Waals surface area contributed by atoms with E-state index in [1.807, 2.05) is 0 Å². The second kappa shape index (κ2) is 4.03. The standard InChI is InChI=1S/C8H12F2O4S/c1-14-7(11)6-2-3-8(9,4-6)5-15(10,12)13/h6H,2-5H2,1H3/t6-,8+/m1/s1. The van der Waals surface area contributed by atoms with Gasteiger partial charge in [-0.1, -0.05) is 0 Å². The Morgan fingerprint density at radius 3 is 2.67 bits per heavy atom. The van der Waals surface area contributed by atoms with Crippen LogP contribution in [0.4, 0.5) is 8.28 Å². The Balaban J connectivity index is 2.65. The predicted molar refractivity (Wildman–Crippen MR) is 48.1 cm³/mol. The van der Waals surface area contributed by atoms with Gasteiger partial charge in [0.15, 0.2) is 0 Å². The zero-order chi connectivity index (χ0) is 11.7. The summed E-state index contributed by atoms with van der Waals surface area (Å²) in [4.78, 5) is 11.0. The van der Waals surface area contributed by atoms with Crippen molar-refractivity contribution in [2.24, 2.45) is 5.92 Å². The fraction of sp³-hybridized carbons (Fsp3) is 0.875. The smallest absolute Gasteiger partial charge is 0.308 e. The maximum Gasteiger partial charge on any atom is 0.308 e. The zero-order valence-electron chi connectivity index (χ0n) is 8.20. The maximum absolute atomic E-state index is 13.7. The molecule has 0 N–H and O–H groups in total. The van der Waals surface area contributed by atoms with Crippen molar-refractivity contribution in [3.63, 3.8) is 0 Å². The summed E-state index contributed by atoms with van der Waals surface area (Å²) in [6.07, 6.45) is -0.225. The molecule has 0 radical (unpaired) electrons. The molecule has 1 rings (SSSR count). The first kappa shape index (κ1) is 12.4. The number of halogens is 2. The molecule has 0 amide bonds. The third kappa shape index (κ3) is 3.40. The van der Waals surface area contributed by atoms with Crippen LogP contribution in [-0.4, -0.2) is 32.9 Å². The number of carbonyl (C=O) groups excluding carboxylic acids is 1. The number of ether oxygens (including phenoxy) is 1. The first-order valence-corrected chi connectivity index (χ1v) is 6.00. The summed E-state index contributed by atoms with van der Waals surface area (Å²) in [5.74, 6) is -2.42. The Morgan fingerprint density at radius 2 is 2.20 bits per heavy atom. The molecular weight excluding hydrogens is 230 g/mol. The van der Waals surface area contributed by atoms with Crippen molar-refractivity contribution in [2.45, 2.75) is 24.9 Å². The van der Waals surface area contributed by atoms with Crippen LogP contribution in [-0.2, 0) is 19.8 Å². The minimum Gasteiger partial charge on any atom is -0.469 e. The van der Waals surface area contributed by atoms with E-state index < -0.39 is 33.5 Å². The third-order valence-electron chi connectivity index (χ3n) is 2.52. The Bertz CT molecular complexity index is 354. The quantitative estimate of drug-likeness (QED) is 0.546. The molecule has 15 heavy (non-hydrogen) atoms. The summed E-state index contributed by atoms with van der Waals surface area (Å²) < 4.78 is 51.1. The van der Waals surface area contributed by atoms with Crippen LogP contribution in [0.2, 0.25) is 0 Å². The molecule has 0 heterocycles. The number of carbonyl (C=O) groups is 1. The average Bonchev–Trinajstić information content (AvgIpc) is 2.43. The molecule has 1 aliphatic rings. The van der Waals surface area contributed by atoms with Crippen LogP contribution in [0.25, 0.3) is 0 Å². The Morgan fingerprint density at radius 1 is 1.60 bits per heavy atom. The topological polar surface area (TPSA) is 60.4 Å². The first-order chi connectivity index (χ1) is 6.76. The van der Waals surface area contributed by atoms with Gasteiger partial charge in [-0.05, 0) is 19.3 Å². The molecule has 0 spiro atoms. The first-order valence-electron chi connectivity index (χ1n) is 4.45. The summed E-state index contributed by atoms with van der Waals surface area (Å²) in [5.41, 5.74) is -2.13. The van der Waals surface area contributed by atoms with Gasteiger partial charge in [-0.2, -0.15) is 8.42 Å². The van der Waals surface area contributed by atoms with Gasteiger partial charge in [0.1, 0.15) is 11.4 Å². The Kier molecular flexibility index (Phi) is 3.32. The van der Waals surface area contributed by atoms with Crippen molar-refractivity contribution in [2.75, 3.05) is 12.9 Å². The summed E-state index contributed by atoms with van der Waals surface area (Å²) in [6, 6.07) is 0. The van der Waals surface area contributed by atoms with Gasteiger partial charge in [0, 0.05) is 0 Å². The van der Waals surface area contributed by atoms with Crippen LogP contribution >= 0.6 is 0 Å². The largest absolute Gasteiger partial charge is 0.469 e. The van der Waals surface area contributed by atoms with Gasteiger partial charge < -0.3 is 4.74 Å². The molecule has 2 atom stereocenters. The van der Waals surface area contributed by atoms with Crippen LogP contribution < -0.4 is 0 Å². The van der Waals surface area contributed by atoms with Crippen molar-refractivity contribution in [1.29, 1.82) is 0 Å². The fourth-order valence-electron chi connectivity index (χ4n) is 1.89. The fourth-order valence-corrected chi connectivity index (χ4v) is 2.77. The summed E-state index contributed by atoms with van der Waals surface area (Å²) in [6.45, 7) is 0. The van der Waals surface area contributed by atoms with Gasteiger partial charge >= 0.3 is 16.2 Å². The van der Waals surface area contributed by atoms with Crippen molar-refractivity contribution in [3.8, 4) is 0 Å². The summed E-state index contributed by atoms with van der Waals surface area (Å²) in [5, 5.41) is 0. The van der Waals surface area contributed by atoms with E-state index in [0.29, 0.717) is 0 Å². The van der Waals surface area contributed by atoms with Crippen LogP contribution in [0, 0.1) is 5.92 Å². The molecule has 0 aromatic heterocycles. The molecule has 1 saturated carbocycles. The molecule has 0 saturated heterocycles. The number of alkyl halides is 1. The number of methoxy groups -OCH3 is 1.